The highest BCUT2D eigenvalue weighted by Crippen LogP contribution is 2.35. The number of benzene rings is 2. The van der Waals surface area contributed by atoms with E-state index in [-0.39, 0.29) is 17.9 Å². The number of carbonyl (C=O) groups is 2. The summed E-state index contributed by atoms with van der Waals surface area (Å²) in [6, 6.07) is 14.7. The standard InChI is InChI=1S/C26H32N2O5/c1-18(2)33-22-11-9-20(10-12-22)23-24(27(13-15-31-4)14-16-32-5)26(30)28(25(23)29)21-8-6-7-19(3)17-21/h6-12,17-18H,13-16H2,1-5H3. The number of imide groups is 1. The van der Waals surface area contributed by atoms with Crippen LogP contribution in [0, 0.1) is 6.92 Å². The Bertz CT molecular complexity index is 1010. The Kier molecular flexibility index (Phi) is 8.25. The molecule has 0 unspecified atom stereocenters. The van der Waals surface area contributed by atoms with Crippen LogP contribution >= 0.6 is 0 Å². The Morgan fingerprint density at radius 1 is 0.909 bits per heavy atom. The Morgan fingerprint density at radius 2 is 1.55 bits per heavy atom. The van der Waals surface area contributed by atoms with E-state index in [0.717, 1.165) is 5.56 Å². The van der Waals surface area contributed by atoms with Crippen molar-refractivity contribution < 1.29 is 23.8 Å². The topological polar surface area (TPSA) is 68.3 Å². The first-order valence-corrected chi connectivity index (χ1v) is 11.1. The van der Waals surface area contributed by atoms with Crippen molar-refractivity contribution in [2.75, 3.05) is 45.4 Å². The molecule has 0 fully saturated rings. The van der Waals surface area contributed by atoms with Crippen molar-refractivity contribution in [3.63, 3.8) is 0 Å². The van der Waals surface area contributed by atoms with Gasteiger partial charge in [-0.25, -0.2) is 4.90 Å². The van der Waals surface area contributed by atoms with E-state index in [9.17, 15) is 9.59 Å². The van der Waals surface area contributed by atoms with Crippen molar-refractivity contribution in [1.29, 1.82) is 0 Å². The number of methoxy groups -OCH3 is 2. The number of hydrogen-bond donors (Lipinski definition) is 0. The van der Waals surface area contributed by atoms with Gasteiger partial charge in [0.2, 0.25) is 0 Å². The number of rotatable bonds is 11. The van der Waals surface area contributed by atoms with Gasteiger partial charge >= 0.3 is 0 Å². The molecule has 0 atom stereocenters. The zero-order valence-electron chi connectivity index (χ0n) is 20.0. The van der Waals surface area contributed by atoms with E-state index in [1.807, 2.05) is 68.1 Å². The molecule has 3 rings (SSSR count). The molecule has 176 valence electrons. The lowest BCUT2D eigenvalue weighted by Crippen LogP contribution is -2.37. The zero-order chi connectivity index (χ0) is 24.0. The van der Waals surface area contributed by atoms with E-state index in [4.69, 9.17) is 14.2 Å². The monoisotopic (exact) mass is 452 g/mol. The Labute approximate surface area is 195 Å². The van der Waals surface area contributed by atoms with Crippen molar-refractivity contribution in [3.05, 3.63) is 65.4 Å². The number of anilines is 1. The molecule has 2 aromatic rings. The normalized spacial score (nSPS) is 13.9. The first kappa shape index (κ1) is 24.5. The predicted molar refractivity (Wildman–Crippen MR) is 128 cm³/mol. The molecule has 33 heavy (non-hydrogen) atoms. The number of ether oxygens (including phenoxy) is 3. The molecule has 2 aromatic carbocycles. The molecule has 1 aliphatic rings. The number of hydrogen-bond acceptors (Lipinski definition) is 6. The van der Waals surface area contributed by atoms with Crippen LogP contribution in [0.5, 0.6) is 5.75 Å². The molecular weight excluding hydrogens is 420 g/mol. The third-order valence-electron chi connectivity index (χ3n) is 5.28. The summed E-state index contributed by atoms with van der Waals surface area (Å²) in [5.41, 5.74) is 2.90. The van der Waals surface area contributed by atoms with Gasteiger partial charge < -0.3 is 19.1 Å². The summed E-state index contributed by atoms with van der Waals surface area (Å²) in [4.78, 5) is 30.5. The second-order valence-corrected chi connectivity index (χ2v) is 8.17. The third-order valence-corrected chi connectivity index (χ3v) is 5.28. The number of amides is 2. The van der Waals surface area contributed by atoms with Crippen molar-refractivity contribution in [2.45, 2.75) is 26.9 Å². The Morgan fingerprint density at radius 3 is 2.09 bits per heavy atom. The lowest BCUT2D eigenvalue weighted by Gasteiger charge is -2.25. The van der Waals surface area contributed by atoms with E-state index in [1.54, 1.807) is 20.3 Å². The highest BCUT2D eigenvalue weighted by molar-refractivity contribution is 6.45. The average molecular weight is 453 g/mol. The van der Waals surface area contributed by atoms with Gasteiger partial charge in [0.1, 0.15) is 11.4 Å². The molecule has 0 radical (unpaired) electrons. The lowest BCUT2D eigenvalue weighted by atomic mass is 10.0. The smallest absolute Gasteiger partial charge is 0.282 e. The summed E-state index contributed by atoms with van der Waals surface area (Å²) >= 11 is 0. The lowest BCUT2D eigenvalue weighted by molar-refractivity contribution is -0.120. The molecule has 0 aromatic heterocycles. The van der Waals surface area contributed by atoms with Crippen LogP contribution in [0.1, 0.15) is 25.0 Å². The number of carbonyl (C=O) groups excluding carboxylic acids is 2. The molecule has 0 spiro atoms. The highest BCUT2D eigenvalue weighted by atomic mass is 16.5. The highest BCUT2D eigenvalue weighted by Gasteiger charge is 2.42. The Balaban J connectivity index is 2.09. The van der Waals surface area contributed by atoms with E-state index in [0.29, 0.717) is 54.6 Å². The molecule has 1 aliphatic heterocycles. The minimum Gasteiger partial charge on any atom is -0.491 e. The summed E-state index contributed by atoms with van der Waals surface area (Å²) in [5, 5.41) is 0. The quantitative estimate of drug-likeness (QED) is 0.485. The molecule has 0 aliphatic carbocycles. The first-order chi connectivity index (χ1) is 15.9. The average Bonchev–Trinajstić information content (AvgIpc) is 3.04. The molecule has 0 bridgehead atoms. The van der Waals surface area contributed by atoms with Gasteiger partial charge in [-0.3, -0.25) is 9.59 Å². The SMILES string of the molecule is COCCN(CCOC)C1=C(c2ccc(OC(C)C)cc2)C(=O)N(c2cccc(C)c2)C1=O. The number of nitrogens with zero attached hydrogens (tertiary/aromatic N) is 2. The van der Waals surface area contributed by atoms with Crippen molar-refractivity contribution >= 4 is 23.1 Å². The minimum atomic E-state index is -0.352. The summed E-state index contributed by atoms with van der Waals surface area (Å²) in [6.07, 6.45) is 0.0377. The molecule has 7 heteroatoms. The molecule has 7 nitrogen and oxygen atoms in total. The molecule has 1 heterocycles. The van der Waals surface area contributed by atoms with Gasteiger partial charge in [0.25, 0.3) is 11.8 Å². The van der Waals surface area contributed by atoms with Crippen molar-refractivity contribution in [1.82, 2.24) is 4.90 Å². The molecule has 2 amide bonds. The van der Waals surface area contributed by atoms with Gasteiger partial charge in [0.15, 0.2) is 0 Å². The molecule has 0 N–H and O–H groups in total. The van der Waals surface area contributed by atoms with Gasteiger partial charge in [0, 0.05) is 27.3 Å². The summed E-state index contributed by atoms with van der Waals surface area (Å²) in [5.74, 6) is 0.00658. The van der Waals surface area contributed by atoms with E-state index >= 15 is 0 Å². The third kappa shape index (κ3) is 5.61. The minimum absolute atomic E-state index is 0.0377. The van der Waals surface area contributed by atoms with Gasteiger partial charge in [-0.05, 0) is 56.2 Å². The van der Waals surface area contributed by atoms with E-state index in [2.05, 4.69) is 0 Å². The van der Waals surface area contributed by atoms with Gasteiger partial charge in [-0.2, -0.15) is 0 Å². The first-order valence-electron chi connectivity index (χ1n) is 11.1. The van der Waals surface area contributed by atoms with E-state index in [1.165, 1.54) is 4.90 Å². The fraction of sp³-hybridized carbons (Fsp3) is 0.385. The maximum atomic E-state index is 13.7. The van der Waals surface area contributed by atoms with E-state index < -0.39 is 0 Å². The van der Waals surface area contributed by atoms with Crippen LogP contribution in [0.2, 0.25) is 0 Å². The largest absolute Gasteiger partial charge is 0.491 e. The van der Waals surface area contributed by atoms with Gasteiger partial charge in [0.05, 0.1) is 30.6 Å². The molecule has 0 saturated carbocycles. The molecular formula is C26H32N2O5. The fourth-order valence-corrected chi connectivity index (χ4v) is 3.78. The number of aryl methyl sites for hydroxylation is 1. The van der Waals surface area contributed by atoms with Crippen LogP contribution < -0.4 is 9.64 Å². The predicted octanol–water partition coefficient (Wildman–Crippen LogP) is 3.66. The van der Waals surface area contributed by atoms with Crippen LogP contribution in [0.3, 0.4) is 0 Å². The van der Waals surface area contributed by atoms with Gasteiger partial charge in [-0.15, -0.1) is 0 Å². The molecule has 0 saturated heterocycles. The Hall–Kier alpha value is -3.16. The second-order valence-electron chi connectivity index (χ2n) is 8.17. The zero-order valence-corrected chi connectivity index (χ0v) is 20.0. The fourth-order valence-electron chi connectivity index (χ4n) is 3.78. The van der Waals surface area contributed by atoms with Crippen molar-refractivity contribution in [3.8, 4) is 5.75 Å². The summed E-state index contributed by atoms with van der Waals surface area (Å²) in [7, 11) is 3.22. The maximum Gasteiger partial charge on any atom is 0.282 e. The van der Waals surface area contributed by atoms with Crippen LogP contribution in [-0.2, 0) is 19.1 Å². The second kappa shape index (κ2) is 11.1. The summed E-state index contributed by atoms with van der Waals surface area (Å²) in [6.45, 7) is 7.57. The van der Waals surface area contributed by atoms with Gasteiger partial charge in [-0.1, -0.05) is 24.3 Å². The van der Waals surface area contributed by atoms with Crippen LogP contribution in [0.25, 0.3) is 5.57 Å². The maximum absolute atomic E-state index is 13.7. The van der Waals surface area contributed by atoms with Crippen LogP contribution in [0.4, 0.5) is 5.69 Å². The van der Waals surface area contributed by atoms with Crippen LogP contribution in [-0.4, -0.2) is 63.3 Å². The van der Waals surface area contributed by atoms with Crippen molar-refractivity contribution in [2.24, 2.45) is 0 Å². The van der Waals surface area contributed by atoms with Crippen LogP contribution in [0.15, 0.2) is 54.2 Å². The summed E-state index contributed by atoms with van der Waals surface area (Å²) < 4.78 is 16.3.